The summed E-state index contributed by atoms with van der Waals surface area (Å²) in [6, 6.07) is 13.5. The third-order valence-corrected chi connectivity index (χ3v) is 5.39. The predicted molar refractivity (Wildman–Crippen MR) is 107 cm³/mol. The summed E-state index contributed by atoms with van der Waals surface area (Å²) in [7, 11) is 1.59. The van der Waals surface area contributed by atoms with Gasteiger partial charge in [0, 0.05) is 5.56 Å². The number of rotatable bonds is 6. The molecule has 154 valence electrons. The van der Waals surface area contributed by atoms with Gasteiger partial charge < -0.3 is 28.7 Å². The molecule has 29 heavy (non-hydrogen) atoms. The van der Waals surface area contributed by atoms with Gasteiger partial charge in [-0.05, 0) is 37.3 Å². The van der Waals surface area contributed by atoms with Crippen molar-refractivity contribution >= 4 is 5.91 Å². The first-order chi connectivity index (χ1) is 14.1. The molecule has 1 saturated heterocycles. The largest absolute Gasteiger partial charge is 0.493 e. The third-order valence-electron chi connectivity index (χ3n) is 5.39. The average molecular weight is 399 g/mol. The van der Waals surface area contributed by atoms with Gasteiger partial charge in [0.2, 0.25) is 6.79 Å². The van der Waals surface area contributed by atoms with Crippen molar-refractivity contribution in [2.24, 2.45) is 0 Å². The molecule has 7 nitrogen and oxygen atoms in total. The first kappa shape index (κ1) is 19.4. The highest BCUT2D eigenvalue weighted by Gasteiger charge is 2.28. The van der Waals surface area contributed by atoms with Crippen LogP contribution < -0.4 is 23.8 Å². The fourth-order valence-corrected chi connectivity index (χ4v) is 3.77. The molecule has 2 heterocycles. The highest BCUT2D eigenvalue weighted by atomic mass is 16.7. The van der Waals surface area contributed by atoms with E-state index in [0.29, 0.717) is 18.3 Å². The number of fused-ring (bicyclic) bond motifs is 1. The Labute approximate surface area is 170 Å². The minimum absolute atomic E-state index is 0.0121. The number of para-hydroxylation sites is 2. The van der Waals surface area contributed by atoms with Crippen LogP contribution in [0.2, 0.25) is 0 Å². The van der Waals surface area contributed by atoms with Gasteiger partial charge in [-0.3, -0.25) is 4.79 Å². The molecule has 2 aliphatic heterocycles. The first-order valence-electron chi connectivity index (χ1n) is 9.94. The predicted octanol–water partition coefficient (Wildman–Crippen LogP) is 1.12. The number of ether oxygens (including phenoxy) is 4. The number of hydrogen-bond donors (Lipinski definition) is 1. The molecular weight excluding hydrogens is 372 g/mol. The van der Waals surface area contributed by atoms with Crippen molar-refractivity contribution in [3.63, 3.8) is 0 Å². The number of benzene rings is 2. The molecule has 0 spiro atoms. The maximum Gasteiger partial charge on any atom is 0.263 e. The van der Waals surface area contributed by atoms with Crippen molar-refractivity contribution in [2.75, 3.05) is 40.1 Å². The summed E-state index contributed by atoms with van der Waals surface area (Å²) in [6.07, 6.45) is -0.554. The SMILES string of the molecule is COc1ccccc1O[C@@H](C)C(=O)N1CC[NH+](Cc2ccc3c(c2)OCO3)CC1. The van der Waals surface area contributed by atoms with Gasteiger partial charge in [-0.2, -0.15) is 0 Å². The van der Waals surface area contributed by atoms with E-state index in [4.69, 9.17) is 18.9 Å². The number of carbonyl (C=O) groups is 1. The van der Waals surface area contributed by atoms with Crippen LogP contribution in [-0.4, -0.2) is 57.0 Å². The molecule has 0 aliphatic carbocycles. The summed E-state index contributed by atoms with van der Waals surface area (Å²) >= 11 is 0. The van der Waals surface area contributed by atoms with Crippen molar-refractivity contribution in [3.05, 3.63) is 48.0 Å². The summed E-state index contributed by atoms with van der Waals surface area (Å²) in [6.45, 7) is 6.24. The Morgan fingerprint density at radius 2 is 1.83 bits per heavy atom. The number of carbonyl (C=O) groups excluding carboxylic acids is 1. The minimum Gasteiger partial charge on any atom is -0.493 e. The summed E-state index contributed by atoms with van der Waals surface area (Å²) in [5.41, 5.74) is 1.22. The van der Waals surface area contributed by atoms with Gasteiger partial charge in [0.1, 0.15) is 6.54 Å². The molecule has 0 radical (unpaired) electrons. The second-order valence-corrected chi connectivity index (χ2v) is 7.35. The molecular formula is C22H27N2O5+. The van der Waals surface area contributed by atoms with Crippen LogP contribution in [0.4, 0.5) is 0 Å². The van der Waals surface area contributed by atoms with Crippen LogP contribution in [0.3, 0.4) is 0 Å². The van der Waals surface area contributed by atoms with Crippen LogP contribution in [0.15, 0.2) is 42.5 Å². The second kappa shape index (κ2) is 8.61. The number of nitrogens with one attached hydrogen (secondary N) is 1. The smallest absolute Gasteiger partial charge is 0.263 e. The van der Waals surface area contributed by atoms with Gasteiger partial charge in [0.05, 0.1) is 33.3 Å². The third kappa shape index (κ3) is 4.40. The Balaban J connectivity index is 1.29. The van der Waals surface area contributed by atoms with E-state index in [1.807, 2.05) is 35.2 Å². The van der Waals surface area contributed by atoms with Crippen molar-refractivity contribution in [2.45, 2.75) is 19.6 Å². The molecule has 1 atom stereocenters. The van der Waals surface area contributed by atoms with E-state index in [2.05, 4.69) is 12.1 Å². The molecule has 0 aromatic heterocycles. The van der Waals surface area contributed by atoms with E-state index in [1.165, 1.54) is 10.5 Å². The fourth-order valence-electron chi connectivity index (χ4n) is 3.77. The van der Waals surface area contributed by atoms with Crippen LogP contribution >= 0.6 is 0 Å². The minimum atomic E-state index is -0.554. The summed E-state index contributed by atoms with van der Waals surface area (Å²) in [4.78, 5) is 16.2. The van der Waals surface area contributed by atoms with Gasteiger partial charge in [0.25, 0.3) is 5.91 Å². The van der Waals surface area contributed by atoms with Gasteiger partial charge in [-0.15, -0.1) is 0 Å². The maximum absolute atomic E-state index is 12.8. The number of methoxy groups -OCH3 is 1. The first-order valence-corrected chi connectivity index (χ1v) is 9.94. The molecule has 4 rings (SSSR count). The van der Waals surface area contributed by atoms with Gasteiger partial charge in [0.15, 0.2) is 29.1 Å². The fraction of sp³-hybridized carbons (Fsp3) is 0.409. The Hall–Kier alpha value is -2.93. The summed E-state index contributed by atoms with van der Waals surface area (Å²) in [5, 5.41) is 0. The molecule has 1 N–H and O–H groups in total. The molecule has 2 aromatic carbocycles. The number of quaternary nitrogens is 1. The van der Waals surface area contributed by atoms with E-state index in [9.17, 15) is 4.79 Å². The number of nitrogens with zero attached hydrogens (tertiary/aromatic N) is 1. The topological polar surface area (TPSA) is 61.7 Å². The molecule has 2 aliphatic rings. The lowest BCUT2D eigenvalue weighted by Gasteiger charge is -2.33. The van der Waals surface area contributed by atoms with Gasteiger partial charge in [-0.25, -0.2) is 0 Å². The molecule has 0 saturated carbocycles. The van der Waals surface area contributed by atoms with Gasteiger partial charge in [-0.1, -0.05) is 12.1 Å². The Morgan fingerprint density at radius 3 is 2.59 bits per heavy atom. The maximum atomic E-state index is 12.8. The Morgan fingerprint density at radius 1 is 1.10 bits per heavy atom. The van der Waals surface area contributed by atoms with E-state index < -0.39 is 6.10 Å². The molecule has 1 amide bonds. The zero-order valence-electron chi connectivity index (χ0n) is 16.8. The second-order valence-electron chi connectivity index (χ2n) is 7.35. The Bertz CT molecular complexity index is 864. The molecule has 1 fully saturated rings. The van der Waals surface area contributed by atoms with Crippen LogP contribution in [0.5, 0.6) is 23.0 Å². The summed E-state index contributed by atoms with van der Waals surface area (Å²) < 4.78 is 22.0. The number of piperazine rings is 1. The van der Waals surface area contributed by atoms with Crippen LogP contribution in [-0.2, 0) is 11.3 Å². The van der Waals surface area contributed by atoms with E-state index in [0.717, 1.165) is 44.2 Å². The van der Waals surface area contributed by atoms with E-state index >= 15 is 0 Å². The van der Waals surface area contributed by atoms with Crippen molar-refractivity contribution in [1.82, 2.24) is 4.90 Å². The lowest BCUT2D eigenvalue weighted by atomic mass is 10.1. The van der Waals surface area contributed by atoms with E-state index in [-0.39, 0.29) is 5.91 Å². The van der Waals surface area contributed by atoms with Crippen LogP contribution in [0, 0.1) is 0 Å². The average Bonchev–Trinajstić information content (AvgIpc) is 3.22. The highest BCUT2D eigenvalue weighted by Crippen LogP contribution is 2.32. The lowest BCUT2D eigenvalue weighted by molar-refractivity contribution is -0.917. The van der Waals surface area contributed by atoms with E-state index in [1.54, 1.807) is 14.0 Å². The summed E-state index contributed by atoms with van der Waals surface area (Å²) in [5.74, 6) is 2.85. The van der Waals surface area contributed by atoms with Crippen molar-refractivity contribution in [1.29, 1.82) is 0 Å². The van der Waals surface area contributed by atoms with Crippen LogP contribution in [0.25, 0.3) is 0 Å². The Kier molecular flexibility index (Phi) is 5.76. The molecule has 0 unspecified atom stereocenters. The zero-order chi connectivity index (χ0) is 20.2. The highest BCUT2D eigenvalue weighted by molar-refractivity contribution is 5.81. The quantitative estimate of drug-likeness (QED) is 0.789. The standard InChI is InChI=1S/C22H26N2O5/c1-16(29-20-6-4-3-5-18(20)26-2)22(25)24-11-9-23(10-12-24)14-17-7-8-19-21(13-17)28-15-27-19/h3-8,13,16H,9-12,14-15H2,1-2H3/p+1/t16-/m0/s1. The van der Waals surface area contributed by atoms with Crippen molar-refractivity contribution < 1.29 is 28.6 Å². The molecule has 7 heteroatoms. The normalized spacial score (nSPS) is 17.1. The number of amides is 1. The van der Waals surface area contributed by atoms with Crippen molar-refractivity contribution in [3.8, 4) is 23.0 Å². The van der Waals surface area contributed by atoms with Crippen LogP contribution in [0.1, 0.15) is 12.5 Å². The molecule has 0 bridgehead atoms. The lowest BCUT2D eigenvalue weighted by Crippen LogP contribution is -3.13. The van der Waals surface area contributed by atoms with Gasteiger partial charge >= 0.3 is 0 Å². The monoisotopic (exact) mass is 399 g/mol. The zero-order valence-corrected chi connectivity index (χ0v) is 16.8. The number of hydrogen-bond acceptors (Lipinski definition) is 5. The molecule has 2 aromatic rings.